The minimum absolute atomic E-state index is 0.441. The van der Waals surface area contributed by atoms with Gasteiger partial charge in [0.25, 0.3) is 0 Å². The van der Waals surface area contributed by atoms with Gasteiger partial charge in [-0.2, -0.15) is 0 Å². The summed E-state index contributed by atoms with van der Waals surface area (Å²) in [5.41, 5.74) is 6.22. The average molecular weight is 196 g/mol. The lowest BCUT2D eigenvalue weighted by molar-refractivity contribution is 0.138. The molecule has 0 amide bonds. The highest BCUT2D eigenvalue weighted by atomic mass is 15.2. The Balaban J connectivity index is 1.94. The fraction of sp³-hybridized carbons (Fsp3) is 1.00. The summed E-state index contributed by atoms with van der Waals surface area (Å²) in [5.74, 6) is 1.77. The Bertz CT molecular complexity index is 193. The Morgan fingerprint density at radius 2 is 1.86 bits per heavy atom. The third-order valence-electron chi connectivity index (χ3n) is 4.06. The van der Waals surface area contributed by atoms with E-state index < -0.39 is 0 Å². The summed E-state index contributed by atoms with van der Waals surface area (Å²) in [6.45, 7) is 7.30. The van der Waals surface area contributed by atoms with Crippen LogP contribution < -0.4 is 5.73 Å². The molecule has 4 unspecified atom stereocenters. The van der Waals surface area contributed by atoms with E-state index in [1.165, 1.54) is 38.8 Å². The van der Waals surface area contributed by atoms with Gasteiger partial charge in [-0.1, -0.05) is 13.8 Å². The van der Waals surface area contributed by atoms with Crippen LogP contribution in [-0.2, 0) is 0 Å². The zero-order chi connectivity index (χ0) is 10.1. The first kappa shape index (κ1) is 10.4. The minimum atomic E-state index is 0.441. The van der Waals surface area contributed by atoms with Crippen LogP contribution in [0, 0.1) is 11.8 Å². The summed E-state index contributed by atoms with van der Waals surface area (Å²) in [4.78, 5) is 2.64. The predicted molar refractivity (Wildman–Crippen MR) is 60.1 cm³/mol. The van der Waals surface area contributed by atoms with E-state index in [-0.39, 0.29) is 0 Å². The van der Waals surface area contributed by atoms with Gasteiger partial charge in [-0.25, -0.2) is 0 Å². The van der Waals surface area contributed by atoms with Crippen molar-refractivity contribution in [1.29, 1.82) is 0 Å². The number of nitrogens with zero attached hydrogens (tertiary/aromatic N) is 1. The second-order valence-corrected chi connectivity index (χ2v) is 5.54. The molecule has 0 spiro atoms. The molecule has 14 heavy (non-hydrogen) atoms. The van der Waals surface area contributed by atoms with E-state index in [0.29, 0.717) is 12.1 Å². The molecule has 1 aliphatic heterocycles. The molecule has 2 N–H and O–H groups in total. The largest absolute Gasteiger partial charge is 0.326 e. The third kappa shape index (κ3) is 2.12. The molecule has 2 fully saturated rings. The van der Waals surface area contributed by atoms with Crippen molar-refractivity contribution in [2.75, 3.05) is 13.1 Å². The molecule has 0 radical (unpaired) electrons. The lowest BCUT2D eigenvalue weighted by Crippen LogP contribution is -2.50. The molecule has 2 heteroatoms. The first-order valence-electron chi connectivity index (χ1n) is 6.16. The van der Waals surface area contributed by atoms with Crippen molar-refractivity contribution < 1.29 is 0 Å². The van der Waals surface area contributed by atoms with Gasteiger partial charge in [-0.15, -0.1) is 0 Å². The lowest BCUT2D eigenvalue weighted by atomic mass is 9.83. The standard InChI is InChI=1S/C12H24N2/c1-9-3-4-11(13)12(7-9)14-6-5-10(2)8-14/h9-12H,3-8,13H2,1-2H3. The second kappa shape index (κ2) is 4.19. The Morgan fingerprint density at radius 3 is 2.50 bits per heavy atom. The molecule has 0 aromatic carbocycles. The molecule has 2 rings (SSSR count). The van der Waals surface area contributed by atoms with Crippen LogP contribution in [0.5, 0.6) is 0 Å². The number of rotatable bonds is 1. The van der Waals surface area contributed by atoms with Gasteiger partial charge in [-0.3, -0.25) is 4.90 Å². The van der Waals surface area contributed by atoms with Crippen molar-refractivity contribution in [2.24, 2.45) is 17.6 Å². The number of hydrogen-bond acceptors (Lipinski definition) is 2. The minimum Gasteiger partial charge on any atom is -0.326 e. The molecule has 0 bridgehead atoms. The smallest absolute Gasteiger partial charge is 0.0249 e. The van der Waals surface area contributed by atoms with E-state index >= 15 is 0 Å². The lowest BCUT2D eigenvalue weighted by Gasteiger charge is -2.38. The number of nitrogens with two attached hydrogens (primary N) is 1. The van der Waals surface area contributed by atoms with Crippen LogP contribution >= 0.6 is 0 Å². The Labute approximate surface area is 87.8 Å². The fourth-order valence-corrected chi connectivity index (χ4v) is 3.06. The van der Waals surface area contributed by atoms with E-state index in [9.17, 15) is 0 Å². The average Bonchev–Trinajstić information content (AvgIpc) is 2.56. The van der Waals surface area contributed by atoms with Crippen molar-refractivity contribution in [3.05, 3.63) is 0 Å². The van der Waals surface area contributed by atoms with E-state index in [2.05, 4.69) is 18.7 Å². The van der Waals surface area contributed by atoms with Crippen molar-refractivity contribution >= 4 is 0 Å². The number of likely N-dealkylation sites (tertiary alicyclic amines) is 1. The van der Waals surface area contributed by atoms with Crippen LogP contribution in [-0.4, -0.2) is 30.1 Å². The van der Waals surface area contributed by atoms with Gasteiger partial charge in [0.15, 0.2) is 0 Å². The topological polar surface area (TPSA) is 29.3 Å². The van der Waals surface area contributed by atoms with Crippen molar-refractivity contribution in [3.8, 4) is 0 Å². The van der Waals surface area contributed by atoms with Gasteiger partial charge >= 0.3 is 0 Å². The summed E-state index contributed by atoms with van der Waals surface area (Å²) >= 11 is 0. The third-order valence-corrected chi connectivity index (χ3v) is 4.06. The maximum atomic E-state index is 6.22. The predicted octanol–water partition coefficient (Wildman–Crippen LogP) is 1.84. The maximum absolute atomic E-state index is 6.22. The van der Waals surface area contributed by atoms with Gasteiger partial charge in [-0.05, 0) is 44.1 Å². The first-order chi connectivity index (χ1) is 6.66. The molecule has 82 valence electrons. The summed E-state index contributed by atoms with van der Waals surface area (Å²) in [6, 6.07) is 1.13. The molecular formula is C12H24N2. The quantitative estimate of drug-likeness (QED) is 0.693. The van der Waals surface area contributed by atoms with Gasteiger partial charge in [0.05, 0.1) is 0 Å². The summed E-state index contributed by atoms with van der Waals surface area (Å²) < 4.78 is 0. The molecule has 0 aromatic rings. The zero-order valence-electron chi connectivity index (χ0n) is 9.58. The summed E-state index contributed by atoms with van der Waals surface area (Å²) in [5, 5.41) is 0. The molecular weight excluding hydrogens is 172 g/mol. The maximum Gasteiger partial charge on any atom is 0.0249 e. The SMILES string of the molecule is CC1CCC(N)C(N2CCC(C)C2)C1. The molecule has 2 nitrogen and oxygen atoms in total. The van der Waals surface area contributed by atoms with Crippen LogP contribution in [0.2, 0.25) is 0 Å². The van der Waals surface area contributed by atoms with Crippen LogP contribution in [0.25, 0.3) is 0 Å². The van der Waals surface area contributed by atoms with Crippen molar-refractivity contribution in [3.63, 3.8) is 0 Å². The van der Waals surface area contributed by atoms with E-state index in [1.807, 2.05) is 0 Å². The van der Waals surface area contributed by atoms with Gasteiger partial charge < -0.3 is 5.73 Å². The molecule has 1 saturated heterocycles. The molecule has 1 aliphatic carbocycles. The Hall–Kier alpha value is -0.0800. The summed E-state index contributed by atoms with van der Waals surface area (Å²) in [7, 11) is 0. The highest BCUT2D eigenvalue weighted by molar-refractivity contribution is 4.90. The monoisotopic (exact) mass is 196 g/mol. The second-order valence-electron chi connectivity index (χ2n) is 5.54. The Morgan fingerprint density at radius 1 is 1.07 bits per heavy atom. The molecule has 1 heterocycles. The highest BCUT2D eigenvalue weighted by Crippen LogP contribution is 2.29. The van der Waals surface area contributed by atoms with Crippen LogP contribution in [0.15, 0.2) is 0 Å². The highest BCUT2D eigenvalue weighted by Gasteiger charge is 2.33. The normalized spacial score (nSPS) is 45.6. The van der Waals surface area contributed by atoms with E-state index in [1.54, 1.807) is 0 Å². The molecule has 1 saturated carbocycles. The van der Waals surface area contributed by atoms with Crippen molar-refractivity contribution in [2.45, 2.75) is 51.6 Å². The van der Waals surface area contributed by atoms with Crippen LogP contribution in [0.3, 0.4) is 0 Å². The van der Waals surface area contributed by atoms with Crippen LogP contribution in [0.4, 0.5) is 0 Å². The van der Waals surface area contributed by atoms with Gasteiger partial charge in [0.1, 0.15) is 0 Å². The fourth-order valence-electron chi connectivity index (χ4n) is 3.06. The van der Waals surface area contributed by atoms with Crippen LogP contribution in [0.1, 0.15) is 39.5 Å². The molecule has 2 aliphatic rings. The van der Waals surface area contributed by atoms with E-state index in [0.717, 1.165) is 11.8 Å². The summed E-state index contributed by atoms with van der Waals surface area (Å²) in [6.07, 6.45) is 5.27. The Kier molecular flexibility index (Phi) is 3.13. The van der Waals surface area contributed by atoms with Gasteiger partial charge in [0.2, 0.25) is 0 Å². The first-order valence-corrected chi connectivity index (χ1v) is 6.16. The van der Waals surface area contributed by atoms with Gasteiger partial charge in [0, 0.05) is 18.6 Å². The molecule has 0 aromatic heterocycles. The number of hydrogen-bond donors (Lipinski definition) is 1. The van der Waals surface area contributed by atoms with Crippen molar-refractivity contribution in [1.82, 2.24) is 4.90 Å². The zero-order valence-corrected chi connectivity index (χ0v) is 9.58. The van der Waals surface area contributed by atoms with E-state index in [4.69, 9.17) is 5.73 Å². The molecule has 4 atom stereocenters.